The topological polar surface area (TPSA) is 61.5 Å². The molecule has 2 N–H and O–H groups in total. The van der Waals surface area contributed by atoms with Gasteiger partial charge in [-0.2, -0.15) is 0 Å². The third kappa shape index (κ3) is 2.72. The summed E-state index contributed by atoms with van der Waals surface area (Å²) in [6.07, 6.45) is 2.60. The monoisotopic (exact) mass is 213 g/mol. The Labute approximate surface area is 90.4 Å². The van der Waals surface area contributed by atoms with Gasteiger partial charge in [-0.25, -0.2) is 4.79 Å². The van der Waals surface area contributed by atoms with E-state index < -0.39 is 11.7 Å². The fourth-order valence-electron chi connectivity index (χ4n) is 1.83. The summed E-state index contributed by atoms with van der Waals surface area (Å²) in [6.45, 7) is 9.31. The van der Waals surface area contributed by atoms with Crippen LogP contribution in [0.3, 0.4) is 0 Å². The first-order valence-electron chi connectivity index (χ1n) is 5.09. The van der Waals surface area contributed by atoms with Crippen molar-refractivity contribution in [3.8, 4) is 0 Å². The molecule has 1 heterocycles. The predicted molar refractivity (Wildman–Crippen MR) is 57.5 cm³/mol. The van der Waals surface area contributed by atoms with Gasteiger partial charge in [0.2, 0.25) is 0 Å². The van der Waals surface area contributed by atoms with Crippen LogP contribution in [0, 0.1) is 0 Å². The van der Waals surface area contributed by atoms with Crippen molar-refractivity contribution in [2.75, 3.05) is 0 Å². The molecule has 1 aliphatic rings. The summed E-state index contributed by atoms with van der Waals surface area (Å²) in [6, 6.07) is 0. The van der Waals surface area contributed by atoms with Crippen LogP contribution in [0.5, 0.6) is 0 Å². The molecule has 0 saturated carbocycles. The molecule has 0 unspecified atom stereocenters. The molecular formula is C11H19NO3. The number of carbonyl (C=O) groups is 1. The second kappa shape index (κ2) is 3.85. The fourth-order valence-corrected chi connectivity index (χ4v) is 1.83. The average Bonchev–Trinajstić information content (AvgIpc) is 2.47. The van der Waals surface area contributed by atoms with E-state index >= 15 is 0 Å². The molecule has 15 heavy (non-hydrogen) atoms. The molecule has 0 aromatic carbocycles. The molecule has 1 saturated heterocycles. The smallest absolute Gasteiger partial charge is 0.405 e. The zero-order valence-corrected chi connectivity index (χ0v) is 9.58. The van der Waals surface area contributed by atoms with E-state index in [0.29, 0.717) is 0 Å². The molecule has 0 spiro atoms. The van der Waals surface area contributed by atoms with Crippen molar-refractivity contribution in [3.63, 3.8) is 0 Å². The molecule has 0 aromatic rings. The first-order valence-corrected chi connectivity index (χ1v) is 5.09. The van der Waals surface area contributed by atoms with Crippen LogP contribution < -0.4 is 5.73 Å². The van der Waals surface area contributed by atoms with Crippen LogP contribution in [0.15, 0.2) is 12.7 Å². The summed E-state index contributed by atoms with van der Waals surface area (Å²) >= 11 is 0. The standard InChI is InChI=1S/C11H19NO3/c1-5-11(4)7-6-8(14-11)10(2,3)15-9(12)13/h5,8H,1,6-7H2,2-4H3,(H2,12,13)/t8-,11-/m0/s1. The maximum absolute atomic E-state index is 10.7. The van der Waals surface area contributed by atoms with Gasteiger partial charge < -0.3 is 15.2 Å². The van der Waals surface area contributed by atoms with E-state index in [9.17, 15) is 4.79 Å². The van der Waals surface area contributed by atoms with Crippen molar-refractivity contribution in [3.05, 3.63) is 12.7 Å². The second-order valence-electron chi connectivity index (χ2n) is 4.69. The van der Waals surface area contributed by atoms with Crippen molar-refractivity contribution in [2.24, 2.45) is 5.73 Å². The SMILES string of the molecule is C=C[C@@]1(C)CC[C@@H](C(C)(C)OC(N)=O)O1. The van der Waals surface area contributed by atoms with E-state index in [1.807, 2.05) is 6.92 Å². The Morgan fingerprint density at radius 2 is 2.33 bits per heavy atom. The van der Waals surface area contributed by atoms with Crippen molar-refractivity contribution < 1.29 is 14.3 Å². The molecule has 1 amide bonds. The number of hydrogen-bond acceptors (Lipinski definition) is 3. The van der Waals surface area contributed by atoms with Crippen LogP contribution in [-0.4, -0.2) is 23.4 Å². The maximum atomic E-state index is 10.7. The Hall–Kier alpha value is -1.03. The third-order valence-electron chi connectivity index (χ3n) is 2.89. The lowest BCUT2D eigenvalue weighted by atomic mass is 9.97. The van der Waals surface area contributed by atoms with Gasteiger partial charge in [-0.05, 0) is 33.6 Å². The summed E-state index contributed by atoms with van der Waals surface area (Å²) in [5, 5.41) is 0. The Kier molecular flexibility index (Phi) is 3.09. The normalized spacial score (nSPS) is 31.3. The van der Waals surface area contributed by atoms with Crippen molar-refractivity contribution in [2.45, 2.75) is 50.9 Å². The highest BCUT2D eigenvalue weighted by molar-refractivity contribution is 5.65. The molecule has 0 radical (unpaired) electrons. The van der Waals surface area contributed by atoms with Crippen LogP contribution in [-0.2, 0) is 9.47 Å². The summed E-state index contributed by atoms with van der Waals surface area (Å²) in [7, 11) is 0. The lowest BCUT2D eigenvalue weighted by Gasteiger charge is -2.31. The first-order chi connectivity index (χ1) is 6.79. The van der Waals surface area contributed by atoms with Crippen LogP contribution in [0.25, 0.3) is 0 Å². The van der Waals surface area contributed by atoms with Gasteiger partial charge in [-0.3, -0.25) is 0 Å². The Balaban J connectivity index is 2.67. The van der Waals surface area contributed by atoms with Crippen molar-refractivity contribution in [1.82, 2.24) is 0 Å². The fraction of sp³-hybridized carbons (Fsp3) is 0.727. The largest absolute Gasteiger partial charge is 0.441 e. The van der Waals surface area contributed by atoms with Gasteiger partial charge >= 0.3 is 6.09 Å². The molecule has 1 aliphatic heterocycles. The van der Waals surface area contributed by atoms with Gasteiger partial charge in [0.1, 0.15) is 5.60 Å². The summed E-state index contributed by atoms with van der Waals surface area (Å²) < 4.78 is 10.9. The highest BCUT2D eigenvalue weighted by Gasteiger charge is 2.43. The Bertz CT molecular complexity index is 275. The lowest BCUT2D eigenvalue weighted by Crippen LogP contribution is -2.43. The van der Waals surface area contributed by atoms with E-state index in [-0.39, 0.29) is 11.7 Å². The van der Waals surface area contributed by atoms with E-state index in [2.05, 4.69) is 6.58 Å². The Morgan fingerprint density at radius 3 is 2.73 bits per heavy atom. The van der Waals surface area contributed by atoms with Crippen molar-refractivity contribution >= 4 is 6.09 Å². The zero-order valence-electron chi connectivity index (χ0n) is 9.58. The number of primary amides is 1. The summed E-state index contributed by atoms with van der Waals surface area (Å²) in [5.74, 6) is 0. The van der Waals surface area contributed by atoms with Crippen LogP contribution in [0.2, 0.25) is 0 Å². The molecule has 0 bridgehead atoms. The van der Waals surface area contributed by atoms with E-state index in [1.54, 1.807) is 19.9 Å². The van der Waals surface area contributed by atoms with E-state index in [4.69, 9.17) is 15.2 Å². The van der Waals surface area contributed by atoms with Gasteiger partial charge in [0, 0.05) is 0 Å². The maximum Gasteiger partial charge on any atom is 0.405 e. The Morgan fingerprint density at radius 1 is 1.73 bits per heavy atom. The first kappa shape index (κ1) is 12.0. The summed E-state index contributed by atoms with van der Waals surface area (Å²) in [4.78, 5) is 10.7. The number of amides is 1. The zero-order chi connectivity index (χ0) is 11.7. The van der Waals surface area contributed by atoms with Gasteiger partial charge in [-0.15, -0.1) is 6.58 Å². The number of hydrogen-bond donors (Lipinski definition) is 1. The number of nitrogens with two attached hydrogens (primary N) is 1. The van der Waals surface area contributed by atoms with Gasteiger partial charge in [-0.1, -0.05) is 6.08 Å². The molecule has 4 heteroatoms. The molecule has 0 aliphatic carbocycles. The summed E-state index contributed by atoms with van der Waals surface area (Å²) in [5.41, 5.74) is 4.01. The predicted octanol–water partition coefficient (Wildman–Crippen LogP) is 1.98. The van der Waals surface area contributed by atoms with Crippen LogP contribution in [0.1, 0.15) is 33.6 Å². The van der Waals surface area contributed by atoms with E-state index in [0.717, 1.165) is 12.8 Å². The molecule has 4 nitrogen and oxygen atoms in total. The quantitative estimate of drug-likeness (QED) is 0.729. The second-order valence-corrected chi connectivity index (χ2v) is 4.69. The molecule has 2 atom stereocenters. The molecule has 0 aromatic heterocycles. The molecule has 1 rings (SSSR count). The van der Waals surface area contributed by atoms with Gasteiger partial charge in [0.05, 0.1) is 11.7 Å². The van der Waals surface area contributed by atoms with Crippen molar-refractivity contribution in [1.29, 1.82) is 0 Å². The molecule has 1 fully saturated rings. The van der Waals surface area contributed by atoms with Crippen LogP contribution in [0.4, 0.5) is 4.79 Å². The molecular weight excluding hydrogens is 194 g/mol. The third-order valence-corrected chi connectivity index (χ3v) is 2.89. The number of ether oxygens (including phenoxy) is 2. The molecule has 86 valence electrons. The van der Waals surface area contributed by atoms with E-state index in [1.165, 1.54) is 0 Å². The highest BCUT2D eigenvalue weighted by atomic mass is 16.6. The highest BCUT2D eigenvalue weighted by Crippen LogP contribution is 2.37. The van der Waals surface area contributed by atoms with Crippen LogP contribution >= 0.6 is 0 Å². The minimum Gasteiger partial charge on any atom is -0.441 e. The number of carbonyl (C=O) groups excluding carboxylic acids is 1. The van der Waals surface area contributed by atoms with Gasteiger partial charge in [0.25, 0.3) is 0 Å². The average molecular weight is 213 g/mol. The minimum absolute atomic E-state index is 0.131. The minimum atomic E-state index is -0.768. The van der Waals surface area contributed by atoms with Gasteiger partial charge in [0.15, 0.2) is 0 Å². The number of rotatable bonds is 3. The lowest BCUT2D eigenvalue weighted by molar-refractivity contribution is -0.102.